The summed E-state index contributed by atoms with van der Waals surface area (Å²) in [6, 6.07) is 3.14. The molecule has 2 rings (SSSR count). The van der Waals surface area contributed by atoms with Gasteiger partial charge in [-0.15, -0.1) is 0 Å². The molecule has 1 fully saturated rings. The normalized spacial score (nSPS) is 16.8. The molecule has 1 aliphatic heterocycles. The highest BCUT2D eigenvalue weighted by Gasteiger charge is 2.25. The minimum atomic E-state index is -3.98. The summed E-state index contributed by atoms with van der Waals surface area (Å²) in [5, 5.41) is 0. The number of nitrogens with zero attached hydrogens (tertiary/aromatic N) is 1. The van der Waals surface area contributed by atoms with E-state index in [1.165, 1.54) is 6.07 Å². The van der Waals surface area contributed by atoms with Crippen LogP contribution in [0.15, 0.2) is 23.1 Å². The van der Waals surface area contributed by atoms with E-state index in [0.717, 1.165) is 25.0 Å². The Morgan fingerprint density at radius 3 is 2.48 bits per heavy atom. The van der Waals surface area contributed by atoms with Crippen LogP contribution < -0.4 is 4.72 Å². The maximum Gasteiger partial charge on any atom is 0.253 e. The Morgan fingerprint density at radius 1 is 1.30 bits per heavy atom. The van der Waals surface area contributed by atoms with Crippen molar-refractivity contribution >= 4 is 15.9 Å². The molecule has 1 amide bonds. The van der Waals surface area contributed by atoms with Gasteiger partial charge in [-0.1, -0.05) is 6.92 Å². The Morgan fingerprint density at radius 2 is 1.91 bits per heavy atom. The van der Waals surface area contributed by atoms with Gasteiger partial charge < -0.3 is 4.90 Å². The highest BCUT2D eigenvalue weighted by molar-refractivity contribution is 7.89. The molecule has 0 bridgehead atoms. The largest absolute Gasteiger partial charge is 0.339 e. The van der Waals surface area contributed by atoms with E-state index in [1.807, 2.05) is 0 Å². The molecule has 1 aliphatic rings. The predicted octanol–water partition coefficient (Wildman–Crippen LogP) is 2.38. The first kappa shape index (κ1) is 17.9. The third-order valence-electron chi connectivity index (χ3n) is 3.93. The number of piperidine rings is 1. The summed E-state index contributed by atoms with van der Waals surface area (Å²) in [7, 11) is -3.98. The van der Waals surface area contributed by atoms with Crippen molar-refractivity contribution in [3.63, 3.8) is 0 Å². The van der Waals surface area contributed by atoms with E-state index < -0.39 is 20.7 Å². The third kappa shape index (κ3) is 4.29. The molecule has 1 aromatic rings. The number of halogens is 1. The van der Waals surface area contributed by atoms with Gasteiger partial charge >= 0.3 is 0 Å². The van der Waals surface area contributed by atoms with Crippen molar-refractivity contribution in [3.05, 3.63) is 29.6 Å². The van der Waals surface area contributed by atoms with E-state index in [2.05, 4.69) is 11.6 Å². The van der Waals surface area contributed by atoms with Gasteiger partial charge in [0.15, 0.2) is 0 Å². The smallest absolute Gasteiger partial charge is 0.253 e. The van der Waals surface area contributed by atoms with Crippen LogP contribution in [0.25, 0.3) is 0 Å². The van der Waals surface area contributed by atoms with Gasteiger partial charge in [-0.25, -0.2) is 17.5 Å². The number of hydrogen-bond donors (Lipinski definition) is 1. The monoisotopic (exact) mass is 342 g/mol. The molecular formula is C16H23FN2O3S. The van der Waals surface area contributed by atoms with Gasteiger partial charge in [-0.3, -0.25) is 4.79 Å². The molecule has 128 valence electrons. The molecule has 0 aromatic heterocycles. The SMILES string of the molecule is CC1CCN(C(=O)c2ccc(F)c(S(=O)(=O)NC(C)C)c2)CC1. The summed E-state index contributed by atoms with van der Waals surface area (Å²) in [5.41, 5.74) is 0.199. The summed E-state index contributed by atoms with van der Waals surface area (Å²) >= 11 is 0. The molecule has 0 unspecified atom stereocenters. The minimum Gasteiger partial charge on any atom is -0.339 e. The number of amides is 1. The standard InChI is InChI=1S/C16H23FN2O3S/c1-11(2)18-23(21,22)15-10-13(4-5-14(15)17)16(20)19-8-6-12(3)7-9-19/h4-5,10-12,18H,6-9H2,1-3H3. The first-order valence-corrected chi connectivity index (χ1v) is 9.30. The zero-order valence-corrected chi connectivity index (χ0v) is 14.5. The number of nitrogens with one attached hydrogen (secondary N) is 1. The van der Waals surface area contributed by atoms with Crippen LogP contribution in [0.1, 0.15) is 44.0 Å². The van der Waals surface area contributed by atoms with Crippen LogP contribution in [-0.4, -0.2) is 38.4 Å². The number of likely N-dealkylation sites (tertiary alicyclic amines) is 1. The molecule has 0 radical (unpaired) electrons. The van der Waals surface area contributed by atoms with Gasteiger partial charge in [-0.2, -0.15) is 0 Å². The van der Waals surface area contributed by atoms with E-state index >= 15 is 0 Å². The van der Waals surface area contributed by atoms with Crippen LogP contribution in [0, 0.1) is 11.7 Å². The Hall–Kier alpha value is -1.47. The predicted molar refractivity (Wildman–Crippen MR) is 86.2 cm³/mol. The lowest BCUT2D eigenvalue weighted by atomic mass is 9.98. The second-order valence-corrected chi connectivity index (χ2v) is 8.08. The quantitative estimate of drug-likeness (QED) is 0.913. The second-order valence-electron chi connectivity index (χ2n) is 6.40. The van der Waals surface area contributed by atoms with E-state index in [-0.39, 0.29) is 17.5 Å². The van der Waals surface area contributed by atoms with Gasteiger partial charge in [0.25, 0.3) is 5.91 Å². The van der Waals surface area contributed by atoms with Gasteiger partial charge in [0, 0.05) is 24.7 Å². The number of sulfonamides is 1. The van der Waals surface area contributed by atoms with Crippen molar-refractivity contribution in [2.45, 2.75) is 44.6 Å². The third-order valence-corrected chi connectivity index (χ3v) is 5.60. The average molecular weight is 342 g/mol. The first-order valence-electron chi connectivity index (χ1n) is 7.82. The molecular weight excluding hydrogens is 319 g/mol. The molecule has 0 atom stereocenters. The van der Waals surface area contributed by atoms with Crippen LogP contribution in [0.4, 0.5) is 4.39 Å². The highest BCUT2D eigenvalue weighted by atomic mass is 32.2. The minimum absolute atomic E-state index is 0.199. The van der Waals surface area contributed by atoms with Crippen LogP contribution in [-0.2, 0) is 10.0 Å². The summed E-state index contributed by atoms with van der Waals surface area (Å²) in [5.74, 6) is -0.529. The fraction of sp³-hybridized carbons (Fsp3) is 0.562. The van der Waals surface area contributed by atoms with Crippen molar-refractivity contribution in [2.75, 3.05) is 13.1 Å². The zero-order chi connectivity index (χ0) is 17.2. The van der Waals surface area contributed by atoms with Crippen LogP contribution in [0.3, 0.4) is 0 Å². The molecule has 7 heteroatoms. The van der Waals surface area contributed by atoms with Gasteiger partial charge in [-0.05, 0) is 50.8 Å². The fourth-order valence-corrected chi connectivity index (χ4v) is 3.96. The van der Waals surface area contributed by atoms with Crippen molar-refractivity contribution < 1.29 is 17.6 Å². The summed E-state index contributed by atoms with van der Waals surface area (Å²) in [6.07, 6.45) is 1.85. The van der Waals surface area contributed by atoms with Crippen LogP contribution in [0.5, 0.6) is 0 Å². The van der Waals surface area contributed by atoms with Crippen molar-refractivity contribution in [1.29, 1.82) is 0 Å². The lowest BCUT2D eigenvalue weighted by Crippen LogP contribution is -2.38. The Balaban J connectivity index is 2.28. The lowest BCUT2D eigenvalue weighted by molar-refractivity contribution is 0.0697. The van der Waals surface area contributed by atoms with Crippen LogP contribution in [0.2, 0.25) is 0 Å². The first-order chi connectivity index (χ1) is 10.7. The summed E-state index contributed by atoms with van der Waals surface area (Å²) in [6.45, 7) is 6.73. The topological polar surface area (TPSA) is 66.5 Å². The molecule has 23 heavy (non-hydrogen) atoms. The zero-order valence-electron chi connectivity index (χ0n) is 13.7. The van der Waals surface area contributed by atoms with Crippen molar-refractivity contribution in [1.82, 2.24) is 9.62 Å². The number of carbonyl (C=O) groups is 1. The molecule has 1 N–H and O–H groups in total. The Labute approximate surface area is 136 Å². The number of carbonyl (C=O) groups excluding carboxylic acids is 1. The maximum absolute atomic E-state index is 13.9. The van der Waals surface area contributed by atoms with Crippen LogP contribution >= 0.6 is 0 Å². The van der Waals surface area contributed by atoms with Crippen molar-refractivity contribution in [3.8, 4) is 0 Å². The molecule has 1 saturated heterocycles. The summed E-state index contributed by atoms with van der Waals surface area (Å²) < 4.78 is 40.6. The number of hydrogen-bond acceptors (Lipinski definition) is 3. The van der Waals surface area contributed by atoms with Gasteiger partial charge in [0.05, 0.1) is 0 Å². The van der Waals surface area contributed by atoms with Gasteiger partial charge in [0.1, 0.15) is 10.7 Å². The van der Waals surface area contributed by atoms with Crippen molar-refractivity contribution in [2.24, 2.45) is 5.92 Å². The highest BCUT2D eigenvalue weighted by Crippen LogP contribution is 2.21. The van der Waals surface area contributed by atoms with Gasteiger partial charge in [0.2, 0.25) is 10.0 Å². The van der Waals surface area contributed by atoms with E-state index in [9.17, 15) is 17.6 Å². The molecule has 0 saturated carbocycles. The Kier molecular flexibility index (Phi) is 5.41. The molecule has 5 nitrogen and oxygen atoms in total. The average Bonchev–Trinajstić information content (AvgIpc) is 2.46. The summed E-state index contributed by atoms with van der Waals surface area (Å²) in [4.78, 5) is 13.7. The van der Waals surface area contributed by atoms with E-state index in [4.69, 9.17) is 0 Å². The Bertz CT molecular complexity index is 681. The van der Waals surface area contributed by atoms with E-state index in [0.29, 0.717) is 19.0 Å². The maximum atomic E-state index is 13.9. The number of rotatable bonds is 4. The lowest BCUT2D eigenvalue weighted by Gasteiger charge is -2.30. The molecule has 0 spiro atoms. The van der Waals surface area contributed by atoms with E-state index in [1.54, 1.807) is 18.7 Å². The molecule has 1 aromatic carbocycles. The number of benzene rings is 1. The molecule has 0 aliphatic carbocycles. The molecule has 1 heterocycles. The fourth-order valence-electron chi connectivity index (χ4n) is 2.61. The second kappa shape index (κ2) is 6.97.